The van der Waals surface area contributed by atoms with Crippen molar-refractivity contribution in [3.05, 3.63) is 59.1 Å². The Balaban J connectivity index is 2.00. The molecule has 0 aliphatic rings. The van der Waals surface area contributed by atoms with Crippen molar-refractivity contribution < 1.29 is 19.1 Å². The highest BCUT2D eigenvalue weighted by Gasteiger charge is 2.28. The monoisotopic (exact) mass is 431 g/mol. The van der Waals surface area contributed by atoms with Crippen LogP contribution in [0, 0.1) is 5.92 Å². The van der Waals surface area contributed by atoms with Gasteiger partial charge in [0.1, 0.15) is 11.8 Å². The first-order valence-corrected chi connectivity index (χ1v) is 9.84. The van der Waals surface area contributed by atoms with Crippen LogP contribution in [0.15, 0.2) is 48.5 Å². The van der Waals surface area contributed by atoms with Gasteiger partial charge in [-0.3, -0.25) is 14.4 Å². The van der Waals surface area contributed by atoms with Crippen LogP contribution in [0.4, 0.5) is 5.69 Å². The third-order valence-electron chi connectivity index (χ3n) is 4.44. The standard InChI is InChI=1S/C22H26ClN3O4/c1-14(2)20(25-21(28)15-8-10-18(30-4)11-9-15)22(29)26(3)13-19(27)24-17-7-5-6-16(23)12-17/h5-12,14,20H,13H2,1-4H3,(H,24,27)(H,25,28). The van der Waals surface area contributed by atoms with Crippen LogP contribution < -0.4 is 15.4 Å². The van der Waals surface area contributed by atoms with Crippen molar-refractivity contribution in [1.29, 1.82) is 0 Å². The van der Waals surface area contributed by atoms with E-state index in [-0.39, 0.29) is 30.2 Å². The van der Waals surface area contributed by atoms with Gasteiger partial charge in [0.2, 0.25) is 11.8 Å². The van der Waals surface area contributed by atoms with Crippen molar-refractivity contribution in [2.24, 2.45) is 5.92 Å². The van der Waals surface area contributed by atoms with E-state index in [1.54, 1.807) is 55.6 Å². The normalized spacial score (nSPS) is 11.5. The minimum Gasteiger partial charge on any atom is -0.497 e. The molecule has 1 unspecified atom stereocenters. The summed E-state index contributed by atoms with van der Waals surface area (Å²) in [6.07, 6.45) is 0. The molecule has 7 nitrogen and oxygen atoms in total. The van der Waals surface area contributed by atoms with Crippen LogP contribution in [-0.4, -0.2) is 49.4 Å². The van der Waals surface area contributed by atoms with Crippen LogP contribution in [0.2, 0.25) is 5.02 Å². The third kappa shape index (κ3) is 6.49. The highest BCUT2D eigenvalue weighted by Crippen LogP contribution is 2.15. The van der Waals surface area contributed by atoms with E-state index < -0.39 is 6.04 Å². The van der Waals surface area contributed by atoms with Crippen molar-refractivity contribution in [3.8, 4) is 5.75 Å². The van der Waals surface area contributed by atoms with E-state index in [2.05, 4.69) is 10.6 Å². The molecule has 0 heterocycles. The number of hydrogen-bond acceptors (Lipinski definition) is 4. The summed E-state index contributed by atoms with van der Waals surface area (Å²) in [4.78, 5) is 39.0. The van der Waals surface area contributed by atoms with Gasteiger partial charge in [-0.25, -0.2) is 0 Å². The Labute approximate surface area is 181 Å². The number of likely N-dealkylation sites (N-methyl/N-ethyl adjacent to an activating group) is 1. The molecule has 2 rings (SSSR count). The molecule has 160 valence electrons. The summed E-state index contributed by atoms with van der Waals surface area (Å²) in [6.45, 7) is 3.50. The van der Waals surface area contributed by atoms with E-state index in [1.807, 2.05) is 13.8 Å². The van der Waals surface area contributed by atoms with Gasteiger partial charge in [-0.05, 0) is 48.4 Å². The minimum atomic E-state index is -0.774. The fraction of sp³-hybridized carbons (Fsp3) is 0.318. The fourth-order valence-electron chi connectivity index (χ4n) is 2.78. The van der Waals surface area contributed by atoms with Gasteiger partial charge >= 0.3 is 0 Å². The second-order valence-corrected chi connectivity index (χ2v) is 7.61. The first-order valence-electron chi connectivity index (χ1n) is 9.46. The van der Waals surface area contributed by atoms with Gasteiger partial charge in [0.25, 0.3) is 5.91 Å². The minimum absolute atomic E-state index is 0.160. The van der Waals surface area contributed by atoms with Crippen molar-refractivity contribution in [3.63, 3.8) is 0 Å². The molecule has 1 atom stereocenters. The second kappa shape index (κ2) is 10.6. The molecule has 0 aliphatic carbocycles. The predicted molar refractivity (Wildman–Crippen MR) is 117 cm³/mol. The molecule has 8 heteroatoms. The number of anilines is 1. The number of nitrogens with zero attached hydrogens (tertiary/aromatic N) is 1. The first-order chi connectivity index (χ1) is 14.2. The van der Waals surface area contributed by atoms with Gasteiger partial charge in [-0.2, -0.15) is 0 Å². The van der Waals surface area contributed by atoms with Crippen molar-refractivity contribution in [2.75, 3.05) is 26.0 Å². The highest BCUT2D eigenvalue weighted by atomic mass is 35.5. The first kappa shape index (κ1) is 23.2. The highest BCUT2D eigenvalue weighted by molar-refractivity contribution is 6.30. The lowest BCUT2D eigenvalue weighted by molar-refractivity contribution is -0.135. The van der Waals surface area contributed by atoms with Crippen LogP contribution in [-0.2, 0) is 9.59 Å². The van der Waals surface area contributed by atoms with E-state index >= 15 is 0 Å². The molecule has 0 aliphatic heterocycles. The lowest BCUT2D eigenvalue weighted by Gasteiger charge is -2.27. The SMILES string of the molecule is COc1ccc(C(=O)NC(C(=O)N(C)CC(=O)Nc2cccc(Cl)c2)C(C)C)cc1. The molecule has 0 fully saturated rings. The van der Waals surface area contributed by atoms with Crippen LogP contribution in [0.1, 0.15) is 24.2 Å². The molecule has 0 spiro atoms. The van der Waals surface area contributed by atoms with Gasteiger partial charge in [-0.1, -0.05) is 31.5 Å². The number of nitrogens with one attached hydrogen (secondary N) is 2. The summed E-state index contributed by atoms with van der Waals surface area (Å²) in [5.41, 5.74) is 0.956. The molecule has 0 aromatic heterocycles. The number of ether oxygens (including phenoxy) is 1. The summed E-state index contributed by atoms with van der Waals surface area (Å²) >= 11 is 5.91. The summed E-state index contributed by atoms with van der Waals surface area (Å²) in [5.74, 6) is -0.627. The molecule has 2 aromatic carbocycles. The van der Waals surface area contributed by atoms with Crippen molar-refractivity contribution >= 4 is 35.0 Å². The Morgan fingerprint density at radius 2 is 1.77 bits per heavy atom. The zero-order chi connectivity index (χ0) is 22.3. The number of halogens is 1. The summed E-state index contributed by atoms with van der Waals surface area (Å²) in [6, 6.07) is 12.6. The molecule has 0 saturated carbocycles. The van der Waals surface area contributed by atoms with E-state index in [0.717, 1.165) is 0 Å². The van der Waals surface area contributed by atoms with E-state index in [9.17, 15) is 14.4 Å². The van der Waals surface area contributed by atoms with Gasteiger partial charge in [0.15, 0.2) is 0 Å². The second-order valence-electron chi connectivity index (χ2n) is 7.18. The molecular formula is C22H26ClN3O4. The van der Waals surface area contributed by atoms with Gasteiger partial charge in [-0.15, -0.1) is 0 Å². The molecular weight excluding hydrogens is 406 g/mol. The van der Waals surface area contributed by atoms with Crippen LogP contribution in [0.25, 0.3) is 0 Å². The van der Waals surface area contributed by atoms with E-state index in [4.69, 9.17) is 16.3 Å². The Morgan fingerprint density at radius 3 is 2.33 bits per heavy atom. The predicted octanol–water partition coefficient (Wildman–Crippen LogP) is 3.20. The van der Waals surface area contributed by atoms with Gasteiger partial charge < -0.3 is 20.3 Å². The average Bonchev–Trinajstić information content (AvgIpc) is 2.71. The quantitative estimate of drug-likeness (QED) is 0.671. The molecule has 3 amide bonds. The zero-order valence-corrected chi connectivity index (χ0v) is 18.2. The number of rotatable bonds is 8. The van der Waals surface area contributed by atoms with Crippen molar-refractivity contribution in [2.45, 2.75) is 19.9 Å². The molecule has 0 radical (unpaired) electrons. The Kier molecular flexibility index (Phi) is 8.24. The maximum Gasteiger partial charge on any atom is 0.251 e. The average molecular weight is 432 g/mol. The lowest BCUT2D eigenvalue weighted by atomic mass is 10.0. The van der Waals surface area contributed by atoms with Gasteiger partial charge in [0, 0.05) is 23.3 Å². The fourth-order valence-corrected chi connectivity index (χ4v) is 2.97. The van der Waals surface area contributed by atoms with Crippen LogP contribution >= 0.6 is 11.6 Å². The number of carbonyl (C=O) groups is 3. The number of carbonyl (C=O) groups excluding carboxylic acids is 3. The van der Waals surface area contributed by atoms with Crippen LogP contribution in [0.5, 0.6) is 5.75 Å². The third-order valence-corrected chi connectivity index (χ3v) is 4.67. The maximum absolute atomic E-state index is 12.9. The zero-order valence-electron chi connectivity index (χ0n) is 17.4. The molecule has 0 bridgehead atoms. The topological polar surface area (TPSA) is 87.7 Å². The smallest absolute Gasteiger partial charge is 0.251 e. The lowest BCUT2D eigenvalue weighted by Crippen LogP contribution is -2.51. The summed E-state index contributed by atoms with van der Waals surface area (Å²) in [5, 5.41) is 5.96. The number of hydrogen-bond donors (Lipinski definition) is 2. The van der Waals surface area contributed by atoms with E-state index in [1.165, 1.54) is 11.9 Å². The van der Waals surface area contributed by atoms with Crippen molar-refractivity contribution in [1.82, 2.24) is 10.2 Å². The summed E-state index contributed by atoms with van der Waals surface area (Å²) < 4.78 is 5.09. The molecule has 2 N–H and O–H groups in total. The number of amides is 3. The number of methoxy groups -OCH3 is 1. The Bertz CT molecular complexity index is 900. The van der Waals surface area contributed by atoms with Gasteiger partial charge in [0.05, 0.1) is 13.7 Å². The molecule has 0 saturated heterocycles. The number of benzene rings is 2. The maximum atomic E-state index is 12.9. The Morgan fingerprint density at radius 1 is 1.10 bits per heavy atom. The molecule has 2 aromatic rings. The molecule has 30 heavy (non-hydrogen) atoms. The van der Waals surface area contributed by atoms with Crippen LogP contribution in [0.3, 0.4) is 0 Å². The van der Waals surface area contributed by atoms with E-state index in [0.29, 0.717) is 22.0 Å². The Hall–Kier alpha value is -3.06. The largest absolute Gasteiger partial charge is 0.497 e. The summed E-state index contributed by atoms with van der Waals surface area (Å²) in [7, 11) is 3.07.